The highest BCUT2D eigenvalue weighted by atomic mass is 32.2. The predicted octanol–water partition coefficient (Wildman–Crippen LogP) is 0.841. The third-order valence-corrected chi connectivity index (χ3v) is 5.19. The van der Waals surface area contributed by atoms with Crippen LogP contribution in [-0.2, 0) is 9.84 Å². The lowest BCUT2D eigenvalue weighted by Gasteiger charge is -2.21. The van der Waals surface area contributed by atoms with E-state index in [2.05, 4.69) is 4.99 Å². The number of nitrogens with zero attached hydrogens (tertiary/aromatic N) is 2. The van der Waals surface area contributed by atoms with Crippen LogP contribution >= 0.6 is 0 Å². The molecule has 1 aromatic carbocycles. The number of benzene rings is 1. The first kappa shape index (κ1) is 15.0. The summed E-state index contributed by atoms with van der Waals surface area (Å²) in [6.07, 6.45) is 1.74. The van der Waals surface area contributed by atoms with Crippen LogP contribution in [0.25, 0.3) is 0 Å². The second kappa shape index (κ2) is 5.93. The first-order valence-electron chi connectivity index (χ1n) is 6.45. The second-order valence-electron chi connectivity index (χ2n) is 5.23. The Kier molecular flexibility index (Phi) is 4.45. The Morgan fingerprint density at radius 2 is 1.90 bits per heavy atom. The van der Waals surface area contributed by atoms with Crippen LogP contribution in [0, 0.1) is 0 Å². The van der Waals surface area contributed by atoms with Crippen LogP contribution in [0.4, 0.5) is 0 Å². The third-order valence-electron chi connectivity index (χ3n) is 3.49. The molecule has 2 rings (SSSR count). The molecule has 1 fully saturated rings. The van der Waals surface area contributed by atoms with Crippen LogP contribution in [-0.4, -0.2) is 64.3 Å². The van der Waals surface area contributed by atoms with Crippen LogP contribution in [0.5, 0.6) is 5.75 Å². The number of hydrogen-bond acceptors (Lipinski definition) is 5. The van der Waals surface area contributed by atoms with Gasteiger partial charge in [-0.15, -0.1) is 0 Å². The number of hydrogen-bond donors (Lipinski definition) is 0. The monoisotopic (exact) mass is 296 g/mol. The molecular formula is C14H20N2O3S. The highest BCUT2D eigenvalue weighted by molar-refractivity contribution is 7.91. The Morgan fingerprint density at radius 3 is 2.45 bits per heavy atom. The molecule has 1 heterocycles. The smallest absolute Gasteiger partial charge is 0.154 e. The molecule has 0 N–H and O–H groups in total. The van der Waals surface area contributed by atoms with Crippen molar-refractivity contribution in [2.75, 3.05) is 32.7 Å². The fourth-order valence-electron chi connectivity index (χ4n) is 2.32. The van der Waals surface area contributed by atoms with Crippen molar-refractivity contribution >= 4 is 16.1 Å². The van der Waals surface area contributed by atoms with E-state index in [1.54, 1.807) is 13.3 Å². The third kappa shape index (κ3) is 3.58. The molecule has 20 heavy (non-hydrogen) atoms. The molecule has 1 aliphatic rings. The normalized spacial score (nSPS) is 25.4. The van der Waals surface area contributed by atoms with Gasteiger partial charge in [-0.2, -0.15) is 0 Å². The van der Waals surface area contributed by atoms with Crippen molar-refractivity contribution in [1.82, 2.24) is 4.90 Å². The van der Waals surface area contributed by atoms with Crippen LogP contribution in [0.3, 0.4) is 0 Å². The minimum absolute atomic E-state index is 0.0468. The van der Waals surface area contributed by atoms with E-state index in [-0.39, 0.29) is 23.6 Å². The summed E-state index contributed by atoms with van der Waals surface area (Å²) in [6.45, 7) is 0. The first-order valence-corrected chi connectivity index (χ1v) is 8.27. The van der Waals surface area contributed by atoms with Crippen LogP contribution in [0.1, 0.15) is 5.56 Å². The topological polar surface area (TPSA) is 59.0 Å². The van der Waals surface area contributed by atoms with Gasteiger partial charge in [0.2, 0.25) is 0 Å². The van der Waals surface area contributed by atoms with E-state index in [9.17, 15) is 8.42 Å². The Labute approximate surface area is 120 Å². The fraction of sp³-hybridized carbons (Fsp3) is 0.500. The lowest BCUT2D eigenvalue weighted by molar-refractivity contribution is 0.297. The van der Waals surface area contributed by atoms with E-state index < -0.39 is 9.84 Å². The minimum atomic E-state index is -2.98. The average molecular weight is 296 g/mol. The lowest BCUT2D eigenvalue weighted by Crippen LogP contribution is -2.37. The van der Waals surface area contributed by atoms with Crippen molar-refractivity contribution < 1.29 is 13.2 Å². The summed E-state index contributed by atoms with van der Waals surface area (Å²) in [5.74, 6) is 1.10. The largest absolute Gasteiger partial charge is 0.497 e. The molecule has 1 aromatic rings. The van der Waals surface area contributed by atoms with E-state index in [0.717, 1.165) is 11.3 Å². The zero-order valence-corrected chi connectivity index (χ0v) is 12.8. The quantitative estimate of drug-likeness (QED) is 0.773. The zero-order chi connectivity index (χ0) is 14.8. The molecule has 0 unspecified atom stereocenters. The molecule has 6 heteroatoms. The Bertz CT molecular complexity index is 579. The van der Waals surface area contributed by atoms with Gasteiger partial charge in [0.25, 0.3) is 0 Å². The van der Waals surface area contributed by atoms with Gasteiger partial charge >= 0.3 is 0 Å². The number of sulfone groups is 1. The van der Waals surface area contributed by atoms with Crippen LogP contribution < -0.4 is 4.74 Å². The molecule has 1 saturated heterocycles. The second-order valence-corrected chi connectivity index (χ2v) is 7.38. The van der Waals surface area contributed by atoms with Crippen LogP contribution in [0.15, 0.2) is 29.3 Å². The molecule has 5 nitrogen and oxygen atoms in total. The van der Waals surface area contributed by atoms with Crippen molar-refractivity contribution in [1.29, 1.82) is 0 Å². The summed E-state index contributed by atoms with van der Waals surface area (Å²) < 4.78 is 28.6. The van der Waals surface area contributed by atoms with Gasteiger partial charge in [-0.3, -0.25) is 4.99 Å². The summed E-state index contributed by atoms with van der Waals surface area (Å²) in [6, 6.07) is 7.27. The number of likely N-dealkylation sites (N-methyl/N-ethyl adjacent to an activating group) is 1. The molecule has 0 aromatic heterocycles. The Hall–Kier alpha value is -1.40. The Balaban J connectivity index is 2.12. The van der Waals surface area contributed by atoms with E-state index in [1.807, 2.05) is 43.3 Å². The number of aliphatic imine (C=N–C) groups is 1. The molecule has 0 bridgehead atoms. The van der Waals surface area contributed by atoms with Gasteiger partial charge in [0.1, 0.15) is 5.75 Å². The summed E-state index contributed by atoms with van der Waals surface area (Å²) in [5, 5.41) is 0. The lowest BCUT2D eigenvalue weighted by atomic mass is 10.1. The maximum atomic E-state index is 11.7. The maximum Gasteiger partial charge on any atom is 0.154 e. The molecule has 2 atom stereocenters. The van der Waals surface area contributed by atoms with Gasteiger partial charge in [0.05, 0.1) is 24.7 Å². The average Bonchev–Trinajstić information content (AvgIpc) is 2.72. The van der Waals surface area contributed by atoms with Crippen molar-refractivity contribution in [2.24, 2.45) is 4.99 Å². The van der Waals surface area contributed by atoms with E-state index >= 15 is 0 Å². The maximum absolute atomic E-state index is 11.7. The van der Waals surface area contributed by atoms with Crippen molar-refractivity contribution in [3.8, 4) is 5.75 Å². The van der Waals surface area contributed by atoms with E-state index in [0.29, 0.717) is 0 Å². The molecule has 0 aliphatic carbocycles. The summed E-state index contributed by atoms with van der Waals surface area (Å²) in [5.41, 5.74) is 0.938. The molecule has 110 valence electrons. The van der Waals surface area contributed by atoms with Gasteiger partial charge < -0.3 is 9.64 Å². The summed E-state index contributed by atoms with van der Waals surface area (Å²) >= 11 is 0. The van der Waals surface area contributed by atoms with Crippen molar-refractivity contribution in [2.45, 2.75) is 12.1 Å². The predicted molar refractivity (Wildman–Crippen MR) is 80.5 cm³/mol. The van der Waals surface area contributed by atoms with Gasteiger partial charge in [-0.05, 0) is 43.9 Å². The number of rotatable bonds is 4. The molecule has 1 aliphatic heterocycles. The van der Waals surface area contributed by atoms with Gasteiger partial charge in [0.15, 0.2) is 9.84 Å². The zero-order valence-electron chi connectivity index (χ0n) is 12.0. The first-order chi connectivity index (χ1) is 9.41. The van der Waals surface area contributed by atoms with Crippen molar-refractivity contribution in [3.63, 3.8) is 0 Å². The van der Waals surface area contributed by atoms with Gasteiger partial charge in [0, 0.05) is 12.3 Å². The molecular weight excluding hydrogens is 276 g/mol. The number of ether oxygens (including phenoxy) is 1. The van der Waals surface area contributed by atoms with E-state index in [1.165, 1.54) is 0 Å². The molecule has 0 amide bonds. The summed E-state index contributed by atoms with van der Waals surface area (Å²) in [4.78, 5) is 6.39. The highest BCUT2D eigenvalue weighted by Crippen LogP contribution is 2.19. The SMILES string of the molecule is COc1ccc(C=N[C@H]2CS(=O)(=O)C[C@H]2N(C)C)cc1. The van der Waals surface area contributed by atoms with E-state index in [4.69, 9.17) is 4.74 Å². The Morgan fingerprint density at radius 1 is 1.25 bits per heavy atom. The van der Waals surface area contributed by atoms with Gasteiger partial charge in [-0.1, -0.05) is 0 Å². The minimum Gasteiger partial charge on any atom is -0.497 e. The molecule has 0 radical (unpaired) electrons. The molecule has 0 spiro atoms. The highest BCUT2D eigenvalue weighted by Gasteiger charge is 2.38. The van der Waals surface area contributed by atoms with Crippen LogP contribution in [0.2, 0.25) is 0 Å². The summed E-state index contributed by atoms with van der Waals surface area (Å²) in [7, 11) is 2.42. The number of methoxy groups -OCH3 is 1. The van der Waals surface area contributed by atoms with Crippen molar-refractivity contribution in [3.05, 3.63) is 29.8 Å². The fourth-order valence-corrected chi connectivity index (χ4v) is 4.32. The standard InChI is InChI=1S/C14H20N2O3S/c1-16(2)14-10-20(17,18)9-13(14)15-8-11-4-6-12(19-3)7-5-11/h4-8,13-14H,9-10H2,1-3H3/t13-,14+/m0/s1. The molecule has 0 saturated carbocycles. The van der Waals surface area contributed by atoms with Gasteiger partial charge in [-0.25, -0.2) is 8.42 Å².